The first-order valence-corrected chi connectivity index (χ1v) is 13.4. The second kappa shape index (κ2) is 16.5. The minimum atomic E-state index is -1.21. The van der Waals surface area contributed by atoms with Crippen LogP contribution >= 0.6 is 0 Å². The second-order valence-corrected chi connectivity index (χ2v) is 9.06. The van der Waals surface area contributed by atoms with Crippen LogP contribution in [0.15, 0.2) is 110 Å². The molecule has 9 heteroatoms. The van der Waals surface area contributed by atoms with Gasteiger partial charge < -0.3 is 29.4 Å². The number of ether oxygens (including phenoxy) is 5. The van der Waals surface area contributed by atoms with Crippen molar-refractivity contribution in [3.63, 3.8) is 0 Å². The van der Waals surface area contributed by atoms with Gasteiger partial charge in [0.1, 0.15) is 18.0 Å². The van der Waals surface area contributed by atoms with E-state index in [1.54, 1.807) is 13.2 Å². The Morgan fingerprint density at radius 1 is 0.833 bits per heavy atom. The molecule has 42 heavy (non-hydrogen) atoms. The number of esters is 2. The standard InChI is InChI=1S/C33H35NO8/c1-3-28(34)15-10-22-40-32(37)42-31(36)21-20-30(35)39-23-24-41-33(25-11-6-4-7-12-25,26-13-8-5-9-14-26)27-16-18-29(38-2)19-17-27/h3-14,16-19,22,28H,1,15,20-21,23-24,34H2,2H3/b22-10+. The normalized spacial score (nSPS) is 11.9. The highest BCUT2D eigenvalue weighted by Gasteiger charge is 2.37. The van der Waals surface area contributed by atoms with Gasteiger partial charge in [0.05, 0.1) is 32.8 Å². The number of hydrogen-bond donors (Lipinski definition) is 1. The fraction of sp³-hybridized carbons (Fsp3) is 0.242. The van der Waals surface area contributed by atoms with Gasteiger partial charge in [0, 0.05) is 6.04 Å². The number of rotatable bonds is 15. The van der Waals surface area contributed by atoms with Gasteiger partial charge in [0.25, 0.3) is 0 Å². The van der Waals surface area contributed by atoms with E-state index in [4.69, 9.17) is 19.9 Å². The number of nitrogens with two attached hydrogens (primary N) is 1. The Bertz CT molecular complexity index is 1280. The third-order valence-electron chi connectivity index (χ3n) is 6.22. The van der Waals surface area contributed by atoms with Crippen molar-refractivity contribution < 1.29 is 38.1 Å². The van der Waals surface area contributed by atoms with E-state index in [0.29, 0.717) is 12.2 Å². The Morgan fingerprint density at radius 2 is 1.40 bits per heavy atom. The van der Waals surface area contributed by atoms with E-state index in [0.717, 1.165) is 23.0 Å². The average Bonchev–Trinajstić information content (AvgIpc) is 3.03. The lowest BCUT2D eigenvalue weighted by Crippen LogP contribution is -2.34. The fourth-order valence-electron chi connectivity index (χ4n) is 4.13. The number of carbonyl (C=O) groups excluding carboxylic acids is 3. The first-order valence-electron chi connectivity index (χ1n) is 13.4. The van der Waals surface area contributed by atoms with Gasteiger partial charge in [0.2, 0.25) is 0 Å². The lowest BCUT2D eigenvalue weighted by molar-refractivity contribution is -0.150. The summed E-state index contributed by atoms with van der Waals surface area (Å²) in [5.74, 6) is -0.855. The predicted octanol–water partition coefficient (Wildman–Crippen LogP) is 5.42. The van der Waals surface area contributed by atoms with Gasteiger partial charge in [-0.3, -0.25) is 9.59 Å². The molecule has 0 aliphatic heterocycles. The van der Waals surface area contributed by atoms with Gasteiger partial charge >= 0.3 is 18.1 Å². The van der Waals surface area contributed by atoms with Crippen molar-refractivity contribution in [1.82, 2.24) is 0 Å². The van der Waals surface area contributed by atoms with E-state index in [2.05, 4.69) is 16.1 Å². The predicted molar refractivity (Wildman–Crippen MR) is 156 cm³/mol. The van der Waals surface area contributed by atoms with Gasteiger partial charge in [0.15, 0.2) is 0 Å². The molecule has 0 amide bonds. The highest BCUT2D eigenvalue weighted by molar-refractivity contribution is 5.84. The Labute approximate surface area is 245 Å². The summed E-state index contributed by atoms with van der Waals surface area (Å²) in [7, 11) is 1.60. The van der Waals surface area contributed by atoms with Crippen LogP contribution < -0.4 is 10.5 Å². The molecule has 0 aliphatic rings. The zero-order valence-corrected chi connectivity index (χ0v) is 23.5. The molecule has 0 radical (unpaired) electrons. The van der Waals surface area contributed by atoms with Crippen LogP contribution in [0.2, 0.25) is 0 Å². The molecule has 1 atom stereocenters. The van der Waals surface area contributed by atoms with Crippen LogP contribution in [0.1, 0.15) is 36.0 Å². The summed E-state index contributed by atoms with van der Waals surface area (Å²) in [6.07, 6.45) is 2.67. The largest absolute Gasteiger partial charge is 0.521 e. The molecule has 3 aromatic rings. The van der Waals surface area contributed by atoms with Crippen LogP contribution in [0.3, 0.4) is 0 Å². The van der Waals surface area contributed by atoms with Crippen LogP contribution in [0, 0.1) is 0 Å². The monoisotopic (exact) mass is 573 g/mol. The maximum atomic E-state index is 12.3. The maximum Gasteiger partial charge on any atom is 0.521 e. The average molecular weight is 574 g/mol. The molecular weight excluding hydrogens is 538 g/mol. The molecule has 0 saturated carbocycles. The van der Waals surface area contributed by atoms with Gasteiger partial charge in [-0.05, 0) is 41.3 Å². The van der Waals surface area contributed by atoms with E-state index in [9.17, 15) is 14.4 Å². The van der Waals surface area contributed by atoms with Crippen molar-refractivity contribution in [2.24, 2.45) is 5.73 Å². The molecule has 0 spiro atoms. The molecule has 220 valence electrons. The highest BCUT2D eigenvalue weighted by Crippen LogP contribution is 2.40. The lowest BCUT2D eigenvalue weighted by atomic mass is 9.80. The first-order chi connectivity index (χ1) is 20.4. The summed E-state index contributed by atoms with van der Waals surface area (Å²) in [6, 6.07) is 26.8. The van der Waals surface area contributed by atoms with Crippen molar-refractivity contribution in [1.29, 1.82) is 0 Å². The Kier molecular flexibility index (Phi) is 12.5. The van der Waals surface area contributed by atoms with E-state index in [-0.39, 0.29) is 32.1 Å². The second-order valence-electron chi connectivity index (χ2n) is 9.06. The summed E-state index contributed by atoms with van der Waals surface area (Å²) in [4.78, 5) is 35.8. The first kappa shape index (κ1) is 31.8. The quantitative estimate of drug-likeness (QED) is 0.0633. The van der Waals surface area contributed by atoms with Crippen LogP contribution in [-0.4, -0.2) is 44.5 Å². The van der Waals surface area contributed by atoms with E-state index < -0.39 is 23.7 Å². The van der Waals surface area contributed by atoms with Crippen LogP contribution in [0.25, 0.3) is 0 Å². The maximum absolute atomic E-state index is 12.3. The lowest BCUT2D eigenvalue weighted by Gasteiger charge is -2.36. The van der Waals surface area contributed by atoms with Crippen LogP contribution in [-0.2, 0) is 34.1 Å². The summed E-state index contributed by atoms with van der Waals surface area (Å²) in [6.45, 7) is 3.53. The van der Waals surface area contributed by atoms with Crippen molar-refractivity contribution in [2.45, 2.75) is 30.9 Å². The number of methoxy groups -OCH3 is 1. The Balaban J connectivity index is 1.59. The van der Waals surface area contributed by atoms with Crippen molar-refractivity contribution in [3.8, 4) is 5.75 Å². The molecule has 0 aliphatic carbocycles. The Hall–Kier alpha value is -4.73. The zero-order chi connectivity index (χ0) is 30.2. The molecule has 9 nitrogen and oxygen atoms in total. The smallest absolute Gasteiger partial charge is 0.497 e. The zero-order valence-electron chi connectivity index (χ0n) is 23.5. The van der Waals surface area contributed by atoms with E-state index >= 15 is 0 Å². The van der Waals surface area contributed by atoms with Crippen molar-refractivity contribution in [3.05, 3.63) is 127 Å². The third kappa shape index (κ3) is 9.15. The SMILES string of the molecule is C=CC(N)C/C=C/OC(=O)OC(=O)CCC(=O)OCCOC(c1ccccc1)(c1ccccc1)c1ccc(OC)cc1. The summed E-state index contributed by atoms with van der Waals surface area (Å²) >= 11 is 0. The summed E-state index contributed by atoms with van der Waals surface area (Å²) < 4.78 is 26.4. The Morgan fingerprint density at radius 3 is 1.98 bits per heavy atom. The number of hydrogen-bond acceptors (Lipinski definition) is 9. The topological polar surface area (TPSA) is 123 Å². The molecular formula is C33H35NO8. The molecule has 0 aromatic heterocycles. The van der Waals surface area contributed by atoms with Crippen LogP contribution in [0.5, 0.6) is 5.75 Å². The van der Waals surface area contributed by atoms with E-state index in [1.807, 2.05) is 84.9 Å². The van der Waals surface area contributed by atoms with Crippen molar-refractivity contribution in [2.75, 3.05) is 20.3 Å². The summed E-state index contributed by atoms with van der Waals surface area (Å²) in [5, 5.41) is 0. The molecule has 0 fully saturated rings. The molecule has 1 unspecified atom stereocenters. The minimum Gasteiger partial charge on any atom is -0.497 e. The fourth-order valence-corrected chi connectivity index (χ4v) is 4.13. The van der Waals surface area contributed by atoms with Crippen molar-refractivity contribution >= 4 is 18.1 Å². The minimum absolute atomic E-state index is 0.0557. The summed E-state index contributed by atoms with van der Waals surface area (Å²) in [5.41, 5.74) is 7.28. The van der Waals surface area contributed by atoms with Gasteiger partial charge in [-0.1, -0.05) is 78.9 Å². The molecule has 3 rings (SSSR count). The van der Waals surface area contributed by atoms with E-state index in [1.165, 1.54) is 6.08 Å². The van der Waals surface area contributed by atoms with Gasteiger partial charge in [-0.25, -0.2) is 4.79 Å². The van der Waals surface area contributed by atoms with Crippen LogP contribution in [0.4, 0.5) is 4.79 Å². The molecule has 0 saturated heterocycles. The highest BCUT2D eigenvalue weighted by atomic mass is 16.7. The molecule has 3 aromatic carbocycles. The number of benzene rings is 3. The third-order valence-corrected chi connectivity index (χ3v) is 6.22. The number of carbonyl (C=O) groups is 3. The molecule has 0 bridgehead atoms. The van der Waals surface area contributed by atoms with Gasteiger partial charge in [-0.2, -0.15) is 0 Å². The molecule has 2 N–H and O–H groups in total. The molecule has 0 heterocycles. The van der Waals surface area contributed by atoms with Gasteiger partial charge in [-0.15, -0.1) is 6.58 Å².